The number of halogens is 6. The van der Waals surface area contributed by atoms with Crippen LogP contribution in [0.25, 0.3) is 11.1 Å². The van der Waals surface area contributed by atoms with Gasteiger partial charge in [-0.1, -0.05) is 0 Å². The highest BCUT2D eigenvalue weighted by Crippen LogP contribution is 2.37. The third-order valence-corrected chi connectivity index (χ3v) is 4.54. The number of aromatic nitrogens is 3. The van der Waals surface area contributed by atoms with Gasteiger partial charge in [0.15, 0.2) is 0 Å². The monoisotopic (exact) mass is 500 g/mol. The van der Waals surface area contributed by atoms with Gasteiger partial charge in [-0.15, -0.1) is 0 Å². The van der Waals surface area contributed by atoms with Gasteiger partial charge in [0, 0.05) is 29.1 Å². The van der Waals surface area contributed by atoms with Crippen molar-refractivity contribution in [1.29, 1.82) is 0 Å². The Morgan fingerprint density at radius 2 is 1.63 bits per heavy atom. The lowest BCUT2D eigenvalue weighted by molar-refractivity contribution is -0.150. The van der Waals surface area contributed by atoms with Crippen LogP contribution >= 0.6 is 0 Å². The molecular formula is C21H14F6N4O4. The molecule has 184 valence electrons. The minimum absolute atomic E-state index is 0.0605. The number of ether oxygens (including phenoxy) is 1. The molecule has 0 unspecified atom stereocenters. The van der Waals surface area contributed by atoms with Crippen molar-refractivity contribution in [3.63, 3.8) is 0 Å². The van der Waals surface area contributed by atoms with Gasteiger partial charge in [-0.05, 0) is 30.3 Å². The van der Waals surface area contributed by atoms with Crippen molar-refractivity contribution in [1.82, 2.24) is 15.0 Å². The number of hydrogen-bond donors (Lipinski definition) is 1. The van der Waals surface area contributed by atoms with Crippen LogP contribution < -0.4 is 9.64 Å². The lowest BCUT2D eigenvalue weighted by atomic mass is 10.0. The third kappa shape index (κ3) is 5.65. The van der Waals surface area contributed by atoms with Gasteiger partial charge in [0.25, 0.3) is 5.91 Å². The first-order valence-corrected chi connectivity index (χ1v) is 9.46. The Morgan fingerprint density at radius 1 is 1.00 bits per heavy atom. The van der Waals surface area contributed by atoms with Crippen molar-refractivity contribution in [3.05, 3.63) is 65.9 Å². The second kappa shape index (κ2) is 9.56. The molecule has 0 fully saturated rings. The molecule has 3 aromatic heterocycles. The van der Waals surface area contributed by atoms with Gasteiger partial charge < -0.3 is 9.84 Å². The van der Waals surface area contributed by atoms with Gasteiger partial charge in [-0.3, -0.25) is 19.5 Å². The van der Waals surface area contributed by atoms with Gasteiger partial charge in [0.1, 0.15) is 17.9 Å². The van der Waals surface area contributed by atoms with Gasteiger partial charge in [-0.25, -0.2) is 9.97 Å². The molecule has 0 aliphatic carbocycles. The molecular weight excluding hydrogens is 486 g/mol. The number of alkyl halides is 6. The minimum atomic E-state index is -5.31. The molecule has 3 rings (SSSR count). The number of aliphatic carboxylic acids is 1. The third-order valence-electron chi connectivity index (χ3n) is 4.54. The van der Waals surface area contributed by atoms with Crippen LogP contribution in [0.2, 0.25) is 0 Å². The number of carboxylic acids is 1. The number of anilines is 1. The van der Waals surface area contributed by atoms with Crippen LogP contribution in [0, 0.1) is 0 Å². The standard InChI is InChI=1S/C21H14F6N4O4/c1-35-18-13(3-2-5-29-18)12-4-6-28-9-14(12)31(10-17(32)33)19(34)11-7-15(20(22,23)24)30-16(8-11)21(25,26)27/h2-9H,10H2,1H3,(H,32,33). The molecule has 0 aromatic carbocycles. The number of pyridine rings is 3. The average Bonchev–Trinajstić information content (AvgIpc) is 2.80. The van der Waals surface area contributed by atoms with Crippen molar-refractivity contribution in [2.45, 2.75) is 12.4 Å². The van der Waals surface area contributed by atoms with Gasteiger partial charge >= 0.3 is 18.3 Å². The van der Waals surface area contributed by atoms with Crippen molar-refractivity contribution in [2.24, 2.45) is 0 Å². The van der Waals surface area contributed by atoms with E-state index < -0.39 is 47.7 Å². The lowest BCUT2D eigenvalue weighted by Gasteiger charge is -2.24. The fourth-order valence-corrected chi connectivity index (χ4v) is 3.09. The van der Waals surface area contributed by atoms with E-state index in [0.29, 0.717) is 4.90 Å². The Bertz CT molecular complexity index is 1230. The van der Waals surface area contributed by atoms with Crippen LogP contribution in [-0.2, 0) is 17.1 Å². The van der Waals surface area contributed by atoms with Gasteiger partial charge in [0.2, 0.25) is 5.88 Å². The largest absolute Gasteiger partial charge is 0.481 e. The van der Waals surface area contributed by atoms with Crippen molar-refractivity contribution >= 4 is 17.6 Å². The maximum absolute atomic E-state index is 13.2. The molecule has 3 aromatic rings. The summed E-state index contributed by atoms with van der Waals surface area (Å²) in [5.41, 5.74) is -4.82. The van der Waals surface area contributed by atoms with E-state index in [-0.39, 0.29) is 34.8 Å². The quantitative estimate of drug-likeness (QED) is 0.503. The number of carbonyl (C=O) groups is 2. The first kappa shape index (κ1) is 25.4. The Kier molecular flexibility index (Phi) is 6.94. The molecule has 0 aliphatic heterocycles. The molecule has 1 amide bonds. The predicted octanol–water partition coefficient (Wildman–Crippen LogP) is 4.32. The Hall–Kier alpha value is -4.23. The summed E-state index contributed by atoms with van der Waals surface area (Å²) >= 11 is 0. The number of rotatable bonds is 6. The fourth-order valence-electron chi connectivity index (χ4n) is 3.09. The highest BCUT2D eigenvalue weighted by Gasteiger charge is 2.40. The van der Waals surface area contributed by atoms with Gasteiger partial charge in [0.05, 0.1) is 19.0 Å². The van der Waals surface area contributed by atoms with Crippen molar-refractivity contribution in [2.75, 3.05) is 18.6 Å². The van der Waals surface area contributed by atoms with Crippen molar-refractivity contribution in [3.8, 4) is 17.0 Å². The summed E-state index contributed by atoms with van der Waals surface area (Å²) in [6.45, 7) is -1.11. The van der Waals surface area contributed by atoms with E-state index in [1.54, 1.807) is 0 Å². The summed E-state index contributed by atoms with van der Waals surface area (Å²) in [4.78, 5) is 35.6. The molecule has 0 spiro atoms. The molecule has 35 heavy (non-hydrogen) atoms. The van der Waals surface area contributed by atoms with E-state index >= 15 is 0 Å². The molecule has 8 nitrogen and oxygen atoms in total. The number of nitrogens with zero attached hydrogens (tertiary/aromatic N) is 4. The highest BCUT2D eigenvalue weighted by atomic mass is 19.4. The normalized spacial score (nSPS) is 11.7. The molecule has 0 radical (unpaired) electrons. The zero-order valence-electron chi connectivity index (χ0n) is 17.6. The first-order valence-electron chi connectivity index (χ1n) is 9.46. The van der Waals surface area contributed by atoms with E-state index in [1.807, 2.05) is 0 Å². The molecule has 0 bridgehead atoms. The minimum Gasteiger partial charge on any atom is -0.481 e. The van der Waals surface area contributed by atoms with Gasteiger partial charge in [-0.2, -0.15) is 26.3 Å². The maximum Gasteiger partial charge on any atom is 0.433 e. The number of amides is 1. The zero-order valence-corrected chi connectivity index (χ0v) is 17.6. The topological polar surface area (TPSA) is 106 Å². The lowest BCUT2D eigenvalue weighted by Crippen LogP contribution is -2.36. The summed E-state index contributed by atoms with van der Waals surface area (Å²) in [6, 6.07) is 4.59. The van der Waals surface area contributed by atoms with E-state index in [9.17, 15) is 41.0 Å². The molecule has 0 aliphatic rings. The van der Waals surface area contributed by atoms with Crippen LogP contribution in [-0.4, -0.2) is 45.6 Å². The van der Waals surface area contributed by atoms with Crippen LogP contribution in [0.1, 0.15) is 21.7 Å². The summed E-state index contributed by atoms with van der Waals surface area (Å²) in [6.07, 6.45) is -6.91. The summed E-state index contributed by atoms with van der Waals surface area (Å²) in [5, 5.41) is 9.35. The second-order valence-corrected chi connectivity index (χ2v) is 6.86. The van der Waals surface area contributed by atoms with Crippen LogP contribution in [0.5, 0.6) is 5.88 Å². The van der Waals surface area contributed by atoms with E-state index in [2.05, 4.69) is 15.0 Å². The molecule has 0 atom stereocenters. The molecule has 3 heterocycles. The summed E-state index contributed by atoms with van der Waals surface area (Å²) in [5.74, 6) is -2.99. The number of hydrogen-bond acceptors (Lipinski definition) is 6. The van der Waals surface area contributed by atoms with Crippen LogP contribution in [0.15, 0.2) is 48.9 Å². The van der Waals surface area contributed by atoms with Crippen LogP contribution in [0.4, 0.5) is 32.0 Å². The Labute approximate surface area is 192 Å². The maximum atomic E-state index is 13.2. The molecule has 0 saturated heterocycles. The number of carboxylic acid groups (broad SMARTS) is 1. The SMILES string of the molecule is COc1ncccc1-c1ccncc1N(CC(=O)O)C(=O)c1cc(C(F)(F)F)nc(C(F)(F)F)c1. The predicted molar refractivity (Wildman–Crippen MR) is 108 cm³/mol. The Morgan fingerprint density at radius 3 is 2.17 bits per heavy atom. The average molecular weight is 500 g/mol. The van der Waals surface area contributed by atoms with E-state index in [0.717, 1.165) is 6.20 Å². The second-order valence-electron chi connectivity index (χ2n) is 6.86. The number of methoxy groups -OCH3 is 1. The Balaban J connectivity index is 2.22. The zero-order chi connectivity index (χ0) is 26.0. The first-order chi connectivity index (χ1) is 16.3. The molecule has 14 heteroatoms. The summed E-state index contributed by atoms with van der Waals surface area (Å²) < 4.78 is 84.5. The van der Waals surface area contributed by atoms with E-state index in [1.165, 1.54) is 37.7 Å². The number of carbonyl (C=O) groups excluding carboxylic acids is 1. The van der Waals surface area contributed by atoms with Crippen LogP contribution in [0.3, 0.4) is 0 Å². The smallest absolute Gasteiger partial charge is 0.433 e. The fraction of sp³-hybridized carbons (Fsp3) is 0.190. The molecule has 0 saturated carbocycles. The summed E-state index contributed by atoms with van der Waals surface area (Å²) in [7, 11) is 1.29. The van der Waals surface area contributed by atoms with E-state index in [4.69, 9.17) is 4.74 Å². The van der Waals surface area contributed by atoms with Crippen molar-refractivity contribution < 1.29 is 45.8 Å². The highest BCUT2D eigenvalue weighted by molar-refractivity contribution is 6.10. The molecule has 1 N–H and O–H groups in total.